The van der Waals surface area contributed by atoms with Crippen molar-refractivity contribution < 1.29 is 9.53 Å². The normalized spacial score (nSPS) is 11.3. The molecular formula is C17H23N3O2S. The van der Waals surface area contributed by atoms with Crippen molar-refractivity contribution in [2.75, 3.05) is 11.4 Å². The zero-order valence-electron chi connectivity index (χ0n) is 14.3. The molecule has 0 bridgehead atoms. The van der Waals surface area contributed by atoms with Crippen molar-refractivity contribution in [1.82, 2.24) is 9.97 Å². The minimum absolute atomic E-state index is 0.330. The van der Waals surface area contributed by atoms with E-state index in [2.05, 4.69) is 9.97 Å². The number of anilines is 1. The SMILES string of the molecule is CCCN(C(=O)OC(C)(C)C)c1sc(-c2cccnc2)nc1C. The average Bonchev–Trinajstić information content (AvgIpc) is 2.85. The Morgan fingerprint density at radius 1 is 1.39 bits per heavy atom. The Kier molecular flexibility index (Phi) is 5.36. The van der Waals surface area contributed by atoms with E-state index < -0.39 is 5.60 Å². The second-order valence-corrected chi connectivity index (χ2v) is 7.26. The van der Waals surface area contributed by atoms with Gasteiger partial charge in [0.15, 0.2) is 0 Å². The highest BCUT2D eigenvalue weighted by molar-refractivity contribution is 7.19. The average molecular weight is 333 g/mol. The van der Waals surface area contributed by atoms with Gasteiger partial charge in [0.2, 0.25) is 0 Å². The van der Waals surface area contributed by atoms with E-state index in [1.807, 2.05) is 46.8 Å². The molecular weight excluding hydrogens is 310 g/mol. The maximum Gasteiger partial charge on any atom is 0.415 e. The summed E-state index contributed by atoms with van der Waals surface area (Å²) in [5.74, 6) is 0. The molecule has 0 atom stereocenters. The van der Waals surface area contributed by atoms with Crippen LogP contribution in [-0.2, 0) is 4.74 Å². The molecule has 0 unspecified atom stereocenters. The first kappa shape index (κ1) is 17.4. The molecule has 0 N–H and O–H groups in total. The first-order valence-electron chi connectivity index (χ1n) is 7.70. The minimum Gasteiger partial charge on any atom is -0.443 e. The standard InChI is InChI=1S/C17H23N3O2S/c1-6-10-20(16(21)22-17(3,4)5)15-12(2)19-14(23-15)13-8-7-9-18-11-13/h7-9,11H,6,10H2,1-5H3. The fourth-order valence-corrected chi connectivity index (χ4v) is 3.14. The summed E-state index contributed by atoms with van der Waals surface area (Å²) < 4.78 is 5.53. The molecule has 5 nitrogen and oxygen atoms in total. The van der Waals surface area contributed by atoms with E-state index in [9.17, 15) is 4.79 Å². The maximum atomic E-state index is 12.5. The summed E-state index contributed by atoms with van der Waals surface area (Å²) >= 11 is 1.49. The van der Waals surface area contributed by atoms with E-state index >= 15 is 0 Å². The van der Waals surface area contributed by atoms with Crippen molar-refractivity contribution in [3.63, 3.8) is 0 Å². The summed E-state index contributed by atoms with van der Waals surface area (Å²) in [6.07, 6.45) is 4.02. The molecule has 0 aliphatic heterocycles. The Morgan fingerprint density at radius 3 is 2.70 bits per heavy atom. The van der Waals surface area contributed by atoms with Crippen LogP contribution < -0.4 is 4.90 Å². The van der Waals surface area contributed by atoms with Gasteiger partial charge in [0.1, 0.15) is 15.6 Å². The van der Waals surface area contributed by atoms with Gasteiger partial charge in [-0.15, -0.1) is 0 Å². The molecule has 0 fully saturated rings. The van der Waals surface area contributed by atoms with Crippen molar-refractivity contribution in [3.05, 3.63) is 30.2 Å². The summed E-state index contributed by atoms with van der Waals surface area (Å²) in [4.78, 5) is 22.9. The van der Waals surface area contributed by atoms with Gasteiger partial charge in [0, 0.05) is 24.5 Å². The van der Waals surface area contributed by atoms with E-state index in [1.54, 1.807) is 17.3 Å². The van der Waals surface area contributed by atoms with Crippen LogP contribution in [0.2, 0.25) is 0 Å². The van der Waals surface area contributed by atoms with Gasteiger partial charge in [0.05, 0.1) is 5.69 Å². The van der Waals surface area contributed by atoms with E-state index in [-0.39, 0.29) is 6.09 Å². The third-order valence-electron chi connectivity index (χ3n) is 2.99. The van der Waals surface area contributed by atoms with Crippen LogP contribution >= 0.6 is 11.3 Å². The molecule has 0 radical (unpaired) electrons. The van der Waals surface area contributed by atoms with Crippen LogP contribution in [0.1, 0.15) is 39.8 Å². The highest BCUT2D eigenvalue weighted by Gasteiger charge is 2.26. The van der Waals surface area contributed by atoms with E-state index in [0.29, 0.717) is 6.54 Å². The molecule has 6 heteroatoms. The van der Waals surface area contributed by atoms with Gasteiger partial charge >= 0.3 is 6.09 Å². The van der Waals surface area contributed by atoms with Crippen molar-refractivity contribution >= 4 is 22.4 Å². The van der Waals surface area contributed by atoms with Gasteiger partial charge in [-0.3, -0.25) is 9.88 Å². The molecule has 2 aromatic rings. The topological polar surface area (TPSA) is 55.3 Å². The number of pyridine rings is 1. The monoisotopic (exact) mass is 333 g/mol. The molecule has 124 valence electrons. The number of carbonyl (C=O) groups excluding carboxylic acids is 1. The summed E-state index contributed by atoms with van der Waals surface area (Å²) in [5, 5.41) is 1.69. The molecule has 0 aliphatic carbocycles. The lowest BCUT2D eigenvalue weighted by atomic mass is 10.2. The third-order valence-corrected chi connectivity index (χ3v) is 4.22. The second-order valence-electron chi connectivity index (χ2n) is 6.28. The molecule has 2 aromatic heterocycles. The summed E-state index contributed by atoms with van der Waals surface area (Å²) in [6, 6.07) is 3.84. The van der Waals surface area contributed by atoms with Crippen LogP contribution in [0, 0.1) is 6.92 Å². The van der Waals surface area contributed by atoms with E-state index in [0.717, 1.165) is 27.7 Å². The molecule has 0 spiro atoms. The van der Waals surface area contributed by atoms with E-state index in [4.69, 9.17) is 4.74 Å². The maximum absolute atomic E-state index is 12.5. The van der Waals surface area contributed by atoms with Crippen LogP contribution in [-0.4, -0.2) is 28.2 Å². The van der Waals surface area contributed by atoms with Crippen LogP contribution in [0.15, 0.2) is 24.5 Å². The number of nitrogens with zero attached hydrogens (tertiary/aromatic N) is 3. The number of aromatic nitrogens is 2. The van der Waals surface area contributed by atoms with Crippen molar-refractivity contribution in [3.8, 4) is 10.6 Å². The number of ether oxygens (including phenoxy) is 1. The fraction of sp³-hybridized carbons (Fsp3) is 0.471. The molecule has 0 aromatic carbocycles. The zero-order valence-corrected chi connectivity index (χ0v) is 15.1. The third kappa shape index (κ3) is 4.51. The predicted octanol–water partition coefficient (Wildman–Crippen LogP) is 4.67. The smallest absolute Gasteiger partial charge is 0.415 e. The molecule has 23 heavy (non-hydrogen) atoms. The van der Waals surface area contributed by atoms with Crippen LogP contribution in [0.3, 0.4) is 0 Å². The first-order chi connectivity index (χ1) is 10.8. The quantitative estimate of drug-likeness (QED) is 0.816. The number of amides is 1. The second kappa shape index (κ2) is 7.08. The Morgan fingerprint density at radius 2 is 2.13 bits per heavy atom. The van der Waals surface area contributed by atoms with Gasteiger partial charge in [-0.2, -0.15) is 0 Å². The summed E-state index contributed by atoms with van der Waals surface area (Å²) in [6.45, 7) is 10.2. The Labute approximate surface area is 141 Å². The van der Waals surface area contributed by atoms with Crippen LogP contribution in [0.25, 0.3) is 10.6 Å². The Bertz CT molecular complexity index is 662. The lowest BCUT2D eigenvalue weighted by Gasteiger charge is -2.26. The van der Waals surface area contributed by atoms with Gasteiger partial charge in [0.25, 0.3) is 0 Å². The molecule has 0 saturated carbocycles. The lowest BCUT2D eigenvalue weighted by Crippen LogP contribution is -2.37. The van der Waals surface area contributed by atoms with Crippen LogP contribution in [0.5, 0.6) is 0 Å². The number of thiazole rings is 1. The first-order valence-corrected chi connectivity index (χ1v) is 8.52. The number of rotatable bonds is 4. The summed E-state index contributed by atoms with van der Waals surface area (Å²) in [7, 11) is 0. The highest BCUT2D eigenvalue weighted by Crippen LogP contribution is 2.35. The molecule has 0 saturated heterocycles. The molecule has 2 heterocycles. The fourth-order valence-electron chi connectivity index (χ4n) is 2.07. The number of aryl methyl sites for hydroxylation is 1. The molecule has 2 rings (SSSR count). The van der Waals surface area contributed by atoms with Gasteiger partial charge < -0.3 is 4.74 Å². The van der Waals surface area contributed by atoms with Crippen molar-refractivity contribution in [2.45, 2.75) is 46.6 Å². The minimum atomic E-state index is -0.520. The van der Waals surface area contributed by atoms with E-state index in [1.165, 1.54) is 11.3 Å². The lowest BCUT2D eigenvalue weighted by molar-refractivity contribution is 0.0581. The van der Waals surface area contributed by atoms with Gasteiger partial charge in [-0.05, 0) is 46.2 Å². The van der Waals surface area contributed by atoms with Gasteiger partial charge in [-0.1, -0.05) is 18.3 Å². The highest BCUT2D eigenvalue weighted by atomic mass is 32.1. The zero-order chi connectivity index (χ0) is 17.0. The van der Waals surface area contributed by atoms with Crippen molar-refractivity contribution in [1.29, 1.82) is 0 Å². The number of hydrogen-bond donors (Lipinski definition) is 0. The van der Waals surface area contributed by atoms with Crippen LogP contribution in [0.4, 0.5) is 9.80 Å². The molecule has 1 amide bonds. The Hall–Kier alpha value is -1.95. The largest absolute Gasteiger partial charge is 0.443 e. The molecule has 0 aliphatic rings. The predicted molar refractivity (Wildman–Crippen MR) is 94.0 cm³/mol. The summed E-state index contributed by atoms with van der Waals surface area (Å²) in [5.41, 5.74) is 1.26. The number of carbonyl (C=O) groups is 1. The van der Waals surface area contributed by atoms with Gasteiger partial charge in [-0.25, -0.2) is 9.78 Å². The Balaban J connectivity index is 2.33. The van der Waals surface area contributed by atoms with Crippen molar-refractivity contribution in [2.24, 2.45) is 0 Å². The number of hydrogen-bond acceptors (Lipinski definition) is 5.